The van der Waals surface area contributed by atoms with Gasteiger partial charge in [-0.25, -0.2) is 0 Å². The van der Waals surface area contributed by atoms with Crippen LogP contribution in [0.2, 0.25) is 0 Å². The molecule has 11 heteroatoms. The van der Waals surface area contributed by atoms with Gasteiger partial charge in [0.1, 0.15) is 31.0 Å². The lowest BCUT2D eigenvalue weighted by atomic mass is 10.0. The summed E-state index contributed by atoms with van der Waals surface area (Å²) >= 11 is 6.36. The zero-order valence-electron chi connectivity index (χ0n) is 20.6. The van der Waals surface area contributed by atoms with Crippen LogP contribution in [0.15, 0.2) is 34.4 Å². The minimum Gasteiger partial charge on any atom is -0.481 e. The SMILES string of the molecule is CC(=O)OC/C1=C/C/C=C(/Cl)CC[C@@H]2C[C@@H](OC(=O)C[C@H]1OC(C)=O)[C@H]([C@H](O)/C=C(\C)CC(=O)O)O2. The molecule has 0 aromatic carbocycles. The topological polar surface area (TPSA) is 146 Å². The van der Waals surface area contributed by atoms with Gasteiger partial charge in [-0.2, -0.15) is 0 Å². The molecule has 1 saturated heterocycles. The van der Waals surface area contributed by atoms with Gasteiger partial charge in [0, 0.05) is 30.9 Å². The zero-order valence-corrected chi connectivity index (χ0v) is 21.4. The highest BCUT2D eigenvalue weighted by molar-refractivity contribution is 6.29. The summed E-state index contributed by atoms with van der Waals surface area (Å²) in [5.41, 5.74) is 0.832. The van der Waals surface area contributed by atoms with Crippen LogP contribution in [0.1, 0.15) is 59.3 Å². The van der Waals surface area contributed by atoms with Gasteiger partial charge >= 0.3 is 23.9 Å². The van der Waals surface area contributed by atoms with Crippen molar-refractivity contribution in [1.29, 1.82) is 0 Å². The van der Waals surface area contributed by atoms with Gasteiger partial charge in [-0.15, -0.1) is 0 Å². The number of carboxylic acid groups (broad SMARTS) is 1. The summed E-state index contributed by atoms with van der Waals surface area (Å²) in [6.07, 6.45) is 1.55. The molecule has 36 heavy (non-hydrogen) atoms. The monoisotopic (exact) mass is 528 g/mol. The Labute approximate surface area is 214 Å². The van der Waals surface area contributed by atoms with Crippen molar-refractivity contribution >= 4 is 35.5 Å². The number of rotatable bonds is 7. The summed E-state index contributed by atoms with van der Waals surface area (Å²) < 4.78 is 22.1. The number of aliphatic hydroxyl groups excluding tert-OH is 1. The Morgan fingerprint density at radius 2 is 1.94 bits per heavy atom. The maximum absolute atomic E-state index is 12.9. The van der Waals surface area contributed by atoms with Crippen molar-refractivity contribution in [2.45, 2.75) is 89.8 Å². The lowest BCUT2D eigenvalue weighted by Gasteiger charge is -2.24. The first-order valence-electron chi connectivity index (χ1n) is 11.7. The van der Waals surface area contributed by atoms with E-state index in [-0.39, 0.29) is 25.6 Å². The number of carbonyl (C=O) groups is 4. The number of hydrogen-bond donors (Lipinski definition) is 2. The van der Waals surface area contributed by atoms with E-state index in [0.717, 1.165) is 0 Å². The van der Waals surface area contributed by atoms with E-state index in [0.29, 0.717) is 41.9 Å². The van der Waals surface area contributed by atoms with Gasteiger partial charge in [-0.3, -0.25) is 19.2 Å². The molecule has 1 fully saturated rings. The Morgan fingerprint density at radius 3 is 2.58 bits per heavy atom. The molecule has 0 unspecified atom stereocenters. The van der Waals surface area contributed by atoms with Crippen molar-refractivity contribution in [3.8, 4) is 0 Å². The number of aliphatic hydroxyl groups is 1. The molecule has 5 atom stereocenters. The number of carboxylic acids is 1. The third-order valence-corrected chi connectivity index (χ3v) is 6.00. The number of halogens is 1. The summed E-state index contributed by atoms with van der Waals surface area (Å²) in [6, 6.07) is 0. The van der Waals surface area contributed by atoms with Crippen LogP contribution in [0.3, 0.4) is 0 Å². The fraction of sp³-hybridized carbons (Fsp3) is 0.600. The van der Waals surface area contributed by atoms with Crippen LogP contribution in [-0.4, -0.2) is 71.2 Å². The number of carbonyl (C=O) groups excluding carboxylic acids is 3. The van der Waals surface area contributed by atoms with Gasteiger partial charge in [-0.1, -0.05) is 35.4 Å². The highest BCUT2D eigenvalue weighted by Crippen LogP contribution is 2.31. The number of ether oxygens (including phenoxy) is 4. The largest absolute Gasteiger partial charge is 0.481 e. The van der Waals surface area contributed by atoms with Crippen LogP contribution in [0, 0.1) is 0 Å². The molecule has 0 spiro atoms. The number of esters is 3. The first kappa shape index (κ1) is 29.5. The first-order valence-corrected chi connectivity index (χ1v) is 12.1. The first-order chi connectivity index (χ1) is 16.9. The molecule has 2 bridgehead atoms. The van der Waals surface area contributed by atoms with Crippen LogP contribution in [0.25, 0.3) is 0 Å². The van der Waals surface area contributed by atoms with Gasteiger partial charge in [-0.05, 0) is 26.2 Å². The van der Waals surface area contributed by atoms with Gasteiger partial charge in [0.25, 0.3) is 0 Å². The number of fused-ring (bicyclic) bond motifs is 2. The fourth-order valence-electron chi connectivity index (χ4n) is 4.07. The highest BCUT2D eigenvalue weighted by atomic mass is 35.5. The second-order valence-corrected chi connectivity index (χ2v) is 9.33. The van der Waals surface area contributed by atoms with E-state index in [2.05, 4.69) is 0 Å². The quantitative estimate of drug-likeness (QED) is 0.287. The molecule has 2 aliphatic rings. The average Bonchev–Trinajstić information content (AvgIpc) is 3.15. The van der Waals surface area contributed by atoms with E-state index >= 15 is 0 Å². The molecule has 0 aliphatic carbocycles. The van der Waals surface area contributed by atoms with Crippen LogP contribution in [0.5, 0.6) is 0 Å². The van der Waals surface area contributed by atoms with Crippen LogP contribution in [-0.2, 0) is 38.1 Å². The molecular weight excluding hydrogens is 496 g/mol. The van der Waals surface area contributed by atoms with E-state index in [4.69, 9.17) is 35.7 Å². The molecule has 2 rings (SSSR count). The van der Waals surface area contributed by atoms with Crippen molar-refractivity contribution in [2.75, 3.05) is 6.61 Å². The molecule has 0 radical (unpaired) electrons. The van der Waals surface area contributed by atoms with Gasteiger partial charge in [0.05, 0.1) is 18.9 Å². The predicted octanol–water partition coefficient (Wildman–Crippen LogP) is 2.96. The van der Waals surface area contributed by atoms with E-state index < -0.39 is 48.3 Å². The third kappa shape index (κ3) is 10.1. The zero-order chi connectivity index (χ0) is 26.8. The van der Waals surface area contributed by atoms with E-state index in [1.807, 2.05) is 0 Å². The van der Waals surface area contributed by atoms with E-state index in [9.17, 15) is 24.3 Å². The van der Waals surface area contributed by atoms with Crippen molar-refractivity contribution in [1.82, 2.24) is 0 Å². The highest BCUT2D eigenvalue weighted by Gasteiger charge is 2.41. The Kier molecular flexibility index (Phi) is 11.6. The van der Waals surface area contributed by atoms with Crippen LogP contribution < -0.4 is 0 Å². The van der Waals surface area contributed by atoms with Gasteiger partial charge in [0.15, 0.2) is 0 Å². The van der Waals surface area contributed by atoms with Crippen molar-refractivity contribution in [2.24, 2.45) is 0 Å². The second-order valence-electron chi connectivity index (χ2n) is 8.85. The van der Waals surface area contributed by atoms with Gasteiger partial charge in [0.2, 0.25) is 0 Å². The standard InChI is InChI=1S/C25H33ClO10/c1-14(10-23(30)31)9-20(29)25-22-11-19(35-25)8-7-18(26)6-4-5-17(13-33-15(2)27)21(34-16(3)28)12-24(32)36-22/h5-6,9,19-22,25,29H,4,7-8,10-13H2,1-3H3,(H,30,31)/b14-9+,17-5-,18-6+/t19-,20-,21-,22-,25+/m1/s1. The minimum atomic E-state index is -1.21. The molecule has 0 aromatic heterocycles. The summed E-state index contributed by atoms with van der Waals surface area (Å²) in [4.78, 5) is 46.9. The molecule has 2 aliphatic heterocycles. The Morgan fingerprint density at radius 1 is 1.22 bits per heavy atom. The molecule has 200 valence electrons. The molecule has 2 N–H and O–H groups in total. The second kappa shape index (κ2) is 14.2. The van der Waals surface area contributed by atoms with Crippen molar-refractivity contribution in [3.63, 3.8) is 0 Å². The summed E-state index contributed by atoms with van der Waals surface area (Å²) in [5, 5.41) is 20.3. The van der Waals surface area contributed by atoms with Crippen LogP contribution in [0.4, 0.5) is 0 Å². The number of aliphatic carboxylic acids is 1. The molecular formula is C25H33ClO10. The normalized spacial score (nSPS) is 29.5. The Balaban J connectivity index is 2.32. The Hall–Kier alpha value is -2.69. The summed E-state index contributed by atoms with van der Waals surface area (Å²) in [6.45, 7) is 3.83. The predicted molar refractivity (Wildman–Crippen MR) is 128 cm³/mol. The third-order valence-electron chi connectivity index (χ3n) is 5.66. The Bertz CT molecular complexity index is 922. The summed E-state index contributed by atoms with van der Waals surface area (Å²) in [5.74, 6) is -2.90. The smallest absolute Gasteiger partial charge is 0.310 e. The molecule has 2 heterocycles. The lowest BCUT2D eigenvalue weighted by molar-refractivity contribution is -0.159. The molecule has 0 saturated carbocycles. The van der Waals surface area contributed by atoms with Crippen molar-refractivity contribution < 1.29 is 48.3 Å². The van der Waals surface area contributed by atoms with Gasteiger partial charge < -0.3 is 29.2 Å². The maximum Gasteiger partial charge on any atom is 0.310 e. The minimum absolute atomic E-state index is 0.185. The van der Waals surface area contributed by atoms with E-state index in [1.54, 1.807) is 19.1 Å². The molecule has 0 amide bonds. The number of hydrogen-bond acceptors (Lipinski definition) is 9. The average molecular weight is 529 g/mol. The molecule has 0 aromatic rings. The lowest BCUT2D eigenvalue weighted by Crippen LogP contribution is -2.37. The van der Waals surface area contributed by atoms with E-state index in [1.165, 1.54) is 19.9 Å². The molecule has 10 nitrogen and oxygen atoms in total. The van der Waals surface area contributed by atoms with Crippen LogP contribution >= 0.6 is 11.6 Å². The summed E-state index contributed by atoms with van der Waals surface area (Å²) in [7, 11) is 0. The fourth-order valence-corrected chi connectivity index (χ4v) is 4.27. The maximum atomic E-state index is 12.9. The van der Waals surface area contributed by atoms with Crippen molar-refractivity contribution in [3.05, 3.63) is 34.4 Å². The number of allylic oxidation sites excluding steroid dienone is 3.